The van der Waals surface area contributed by atoms with Gasteiger partial charge in [0.25, 0.3) is 0 Å². The number of hydrogen-bond acceptors (Lipinski definition) is 9. The van der Waals surface area contributed by atoms with Gasteiger partial charge in [0.1, 0.15) is 18.0 Å². The van der Waals surface area contributed by atoms with Gasteiger partial charge in [0.2, 0.25) is 11.8 Å². The number of rotatable bonds is 9. The molecule has 5 rings (SSSR count). The number of fused-ring (bicyclic) bond motifs is 2. The van der Waals surface area contributed by atoms with E-state index in [0.29, 0.717) is 17.4 Å². The molecule has 2 atom stereocenters. The highest BCUT2D eigenvalue weighted by atomic mass is 32.1. The van der Waals surface area contributed by atoms with E-state index in [1.165, 1.54) is 23.6 Å². The van der Waals surface area contributed by atoms with Crippen LogP contribution in [0.4, 0.5) is 9.93 Å². The van der Waals surface area contributed by atoms with Crippen LogP contribution in [0, 0.1) is 0 Å². The molecule has 0 saturated carbocycles. The van der Waals surface area contributed by atoms with Crippen molar-refractivity contribution in [3.8, 4) is 5.75 Å². The van der Waals surface area contributed by atoms with E-state index in [4.69, 9.17) is 5.73 Å². The third kappa shape index (κ3) is 5.77. The number of benzene rings is 1. The fraction of sp³-hybridized carbons (Fsp3) is 0.464. The fourth-order valence-corrected chi connectivity index (χ4v) is 6.34. The summed E-state index contributed by atoms with van der Waals surface area (Å²) in [6.07, 6.45) is 2.74. The Morgan fingerprint density at radius 1 is 1.27 bits per heavy atom. The van der Waals surface area contributed by atoms with Gasteiger partial charge in [-0.3, -0.25) is 19.6 Å². The molecule has 0 bridgehead atoms. The normalized spacial score (nSPS) is 19.3. The van der Waals surface area contributed by atoms with Crippen molar-refractivity contribution in [1.82, 2.24) is 35.1 Å². The lowest BCUT2D eigenvalue weighted by Gasteiger charge is -2.47. The lowest BCUT2D eigenvalue weighted by Crippen LogP contribution is -2.66. The smallest absolute Gasteiger partial charge is 0.332 e. The van der Waals surface area contributed by atoms with Crippen LogP contribution >= 0.6 is 11.3 Å². The zero-order valence-electron chi connectivity index (χ0n) is 23.5. The Morgan fingerprint density at radius 2 is 2.07 bits per heavy atom. The fourth-order valence-electron chi connectivity index (χ4n) is 5.56. The molecule has 1 aromatic carbocycles. The molecule has 12 nitrogen and oxygen atoms in total. The van der Waals surface area contributed by atoms with Gasteiger partial charge < -0.3 is 26.0 Å². The number of carbonyl (C=O) groups is 3. The van der Waals surface area contributed by atoms with E-state index >= 15 is 0 Å². The Morgan fingerprint density at radius 3 is 2.78 bits per heavy atom. The number of hydrazine groups is 1. The van der Waals surface area contributed by atoms with Gasteiger partial charge in [-0.2, -0.15) is 5.01 Å². The molecule has 3 aromatic rings. The highest BCUT2D eigenvalue weighted by Crippen LogP contribution is 2.32. The third-order valence-electron chi connectivity index (χ3n) is 7.44. The summed E-state index contributed by atoms with van der Waals surface area (Å²) in [5, 5.41) is 16.5. The number of pyridine rings is 1. The Kier molecular flexibility index (Phi) is 8.27. The first-order chi connectivity index (χ1) is 19.7. The molecule has 0 unspecified atom stereocenters. The van der Waals surface area contributed by atoms with Crippen LogP contribution in [0.15, 0.2) is 36.5 Å². The number of aromatic nitrogens is 2. The highest BCUT2D eigenvalue weighted by Gasteiger charge is 2.52. The van der Waals surface area contributed by atoms with Crippen molar-refractivity contribution in [2.75, 3.05) is 25.4 Å². The molecule has 2 fully saturated rings. The van der Waals surface area contributed by atoms with E-state index in [1.54, 1.807) is 25.9 Å². The number of piperazine rings is 1. The average molecular weight is 581 g/mol. The van der Waals surface area contributed by atoms with Crippen LogP contribution in [-0.4, -0.2) is 90.6 Å². The number of nitrogen functional groups attached to an aromatic ring is 1. The van der Waals surface area contributed by atoms with Crippen molar-refractivity contribution in [3.63, 3.8) is 0 Å². The molecule has 4 N–H and O–H groups in total. The van der Waals surface area contributed by atoms with Crippen molar-refractivity contribution in [2.24, 2.45) is 0 Å². The third-order valence-corrected chi connectivity index (χ3v) is 8.29. The van der Waals surface area contributed by atoms with E-state index in [1.807, 2.05) is 32.0 Å². The molecular weight excluding hydrogens is 544 g/mol. The Balaban J connectivity index is 1.49. The second-order valence-corrected chi connectivity index (χ2v) is 11.7. The number of amides is 4. The van der Waals surface area contributed by atoms with Crippen molar-refractivity contribution in [2.45, 2.75) is 64.8 Å². The number of para-hydroxylation sites is 1. The molecule has 4 heterocycles. The number of unbranched alkanes of at least 4 members (excludes halogenated alkanes) is 1. The van der Waals surface area contributed by atoms with E-state index in [0.717, 1.165) is 28.6 Å². The molecule has 0 spiro atoms. The van der Waals surface area contributed by atoms with E-state index in [-0.39, 0.29) is 55.7 Å². The predicted octanol–water partition coefficient (Wildman–Crippen LogP) is 2.54. The lowest BCUT2D eigenvalue weighted by molar-refractivity contribution is -0.158. The van der Waals surface area contributed by atoms with Gasteiger partial charge in [-0.1, -0.05) is 36.8 Å². The monoisotopic (exact) mass is 580 g/mol. The first-order valence-electron chi connectivity index (χ1n) is 13.9. The van der Waals surface area contributed by atoms with Crippen LogP contribution in [-0.2, 0) is 22.6 Å². The Hall–Kier alpha value is -3.97. The SMILES string of the molecule is CCCCNC(=O)N(C(C)C)N1CC(=O)N2[C@@H](Cc3ccc(O)cn3)C(=O)N(Cc3cccc4sc(N)nc34)C[C@@H]21. The first kappa shape index (κ1) is 28.6. The van der Waals surface area contributed by atoms with Crippen molar-refractivity contribution >= 4 is 44.5 Å². The summed E-state index contributed by atoms with van der Waals surface area (Å²) in [5.41, 5.74) is 8.16. The summed E-state index contributed by atoms with van der Waals surface area (Å²) >= 11 is 1.39. The van der Waals surface area contributed by atoms with Crippen LogP contribution in [0.3, 0.4) is 0 Å². The summed E-state index contributed by atoms with van der Waals surface area (Å²) in [5.74, 6) is -0.424. The summed E-state index contributed by atoms with van der Waals surface area (Å²) in [6, 6.07) is 7.62. The molecule has 41 heavy (non-hydrogen) atoms. The van der Waals surface area contributed by atoms with Gasteiger partial charge in [0.05, 0.1) is 29.5 Å². The lowest BCUT2D eigenvalue weighted by atomic mass is 10.0. The molecule has 2 saturated heterocycles. The number of urea groups is 1. The standard InChI is InChI=1S/C28H36N8O4S/c1-4-5-11-30-28(40)36(17(2)3)34-16-24(38)35-21(12-19-9-10-20(37)13-31-19)26(39)33(15-23(34)35)14-18-7-6-8-22-25(18)32-27(29)41-22/h6-10,13,17,21,23,37H,4-5,11-12,14-16H2,1-3H3,(H2,29,32)(H,30,40)/t21-,23+/m0/s1. The van der Waals surface area contributed by atoms with Crippen molar-refractivity contribution in [1.29, 1.82) is 0 Å². The van der Waals surface area contributed by atoms with Crippen molar-refractivity contribution in [3.05, 3.63) is 47.8 Å². The average Bonchev–Trinajstić information content (AvgIpc) is 3.47. The van der Waals surface area contributed by atoms with Crippen LogP contribution < -0.4 is 11.1 Å². The van der Waals surface area contributed by atoms with Crippen molar-refractivity contribution < 1.29 is 19.5 Å². The number of hydrogen-bond donors (Lipinski definition) is 3. The van der Waals surface area contributed by atoms with Crippen LogP contribution in [0.5, 0.6) is 5.75 Å². The van der Waals surface area contributed by atoms with Crippen LogP contribution in [0.1, 0.15) is 44.9 Å². The summed E-state index contributed by atoms with van der Waals surface area (Å²) in [4.78, 5) is 53.0. The molecule has 218 valence electrons. The maximum absolute atomic E-state index is 14.1. The minimum Gasteiger partial charge on any atom is -0.506 e. The largest absolute Gasteiger partial charge is 0.506 e. The van der Waals surface area contributed by atoms with Crippen LogP contribution in [0.25, 0.3) is 10.2 Å². The number of nitrogens with two attached hydrogens (primary N) is 1. The molecule has 2 aliphatic heterocycles. The van der Waals surface area contributed by atoms with E-state index in [2.05, 4.69) is 22.2 Å². The number of carbonyl (C=O) groups excluding carboxylic acids is 3. The molecule has 4 amide bonds. The second kappa shape index (κ2) is 11.9. The van der Waals surface area contributed by atoms with Crippen LogP contribution in [0.2, 0.25) is 0 Å². The zero-order valence-corrected chi connectivity index (χ0v) is 24.3. The molecule has 2 aliphatic rings. The van der Waals surface area contributed by atoms with Gasteiger partial charge in [-0.05, 0) is 44.0 Å². The maximum atomic E-state index is 14.1. The number of anilines is 1. The molecule has 0 radical (unpaired) electrons. The summed E-state index contributed by atoms with van der Waals surface area (Å²) in [7, 11) is 0. The minimum absolute atomic E-state index is 0.0175. The summed E-state index contributed by atoms with van der Waals surface area (Å²) < 4.78 is 0.934. The molecule has 0 aliphatic carbocycles. The predicted molar refractivity (Wildman–Crippen MR) is 155 cm³/mol. The molecule has 2 aromatic heterocycles. The quantitative estimate of drug-likeness (QED) is 0.327. The first-order valence-corrected chi connectivity index (χ1v) is 14.7. The Bertz CT molecular complexity index is 1430. The molecular formula is C28H36N8O4S. The second-order valence-electron chi connectivity index (χ2n) is 10.7. The minimum atomic E-state index is -0.833. The number of aromatic hydroxyl groups is 1. The van der Waals surface area contributed by atoms with Gasteiger partial charge in [-0.15, -0.1) is 0 Å². The Labute approximate surface area is 242 Å². The number of thiazole rings is 1. The van der Waals surface area contributed by atoms with Gasteiger partial charge in [-0.25, -0.2) is 9.78 Å². The topological polar surface area (TPSA) is 148 Å². The highest BCUT2D eigenvalue weighted by molar-refractivity contribution is 7.22. The summed E-state index contributed by atoms with van der Waals surface area (Å²) in [6.45, 7) is 6.87. The van der Waals surface area contributed by atoms with E-state index in [9.17, 15) is 19.5 Å². The zero-order chi connectivity index (χ0) is 29.3. The van der Waals surface area contributed by atoms with Gasteiger partial charge >= 0.3 is 6.03 Å². The van der Waals surface area contributed by atoms with Gasteiger partial charge in [0.15, 0.2) is 5.13 Å². The molecule has 13 heteroatoms. The number of nitrogens with zero attached hydrogens (tertiary/aromatic N) is 6. The number of nitrogens with one attached hydrogen (secondary N) is 1. The van der Waals surface area contributed by atoms with E-state index < -0.39 is 12.2 Å². The maximum Gasteiger partial charge on any atom is 0.332 e. The van der Waals surface area contributed by atoms with Gasteiger partial charge in [0, 0.05) is 31.2 Å².